The minimum atomic E-state index is -1.45. The summed E-state index contributed by atoms with van der Waals surface area (Å²) in [4.78, 5) is 40.3. The Bertz CT molecular complexity index is 1500. The number of nitrogen functional groups attached to an aromatic ring is 1. The van der Waals surface area contributed by atoms with Crippen molar-refractivity contribution in [1.29, 1.82) is 0 Å². The number of carboxylic acids is 1. The maximum Gasteiger partial charge on any atom is 0.341 e. The molecule has 3 atom stereocenters. The maximum atomic E-state index is 15.0. The van der Waals surface area contributed by atoms with Crippen LogP contribution < -0.4 is 27.3 Å². The number of carbonyl (C=O) groups excluding carboxylic acids is 1. The van der Waals surface area contributed by atoms with Gasteiger partial charge in [0.15, 0.2) is 0 Å². The Morgan fingerprint density at radius 3 is 2.45 bits per heavy atom. The first-order valence-electron chi connectivity index (χ1n) is 11.9. The van der Waals surface area contributed by atoms with Crippen LogP contribution in [0.25, 0.3) is 10.9 Å². The number of amides is 1. The van der Waals surface area contributed by atoms with Gasteiger partial charge in [-0.1, -0.05) is 11.6 Å². The summed E-state index contributed by atoms with van der Waals surface area (Å²) in [5.74, 6) is 2.43. The third kappa shape index (κ3) is 4.48. The van der Waals surface area contributed by atoms with Crippen LogP contribution in [-0.2, 0) is 0 Å². The summed E-state index contributed by atoms with van der Waals surface area (Å²) >= 11 is 6.56. The molecule has 1 amide bonds. The molecule has 200 valence electrons. The molecule has 6 N–H and O–H groups in total. The molecule has 2 aliphatic carbocycles. The van der Waals surface area contributed by atoms with Crippen LogP contribution in [0.3, 0.4) is 0 Å². The molecule has 3 heterocycles. The van der Waals surface area contributed by atoms with Crippen molar-refractivity contribution in [1.82, 2.24) is 15.0 Å². The Morgan fingerprint density at radius 2 is 1.92 bits per heavy atom. The zero-order valence-electron chi connectivity index (χ0n) is 20.0. The topological polar surface area (TPSA) is 157 Å². The first kappa shape index (κ1) is 26.0. The summed E-state index contributed by atoms with van der Waals surface area (Å²) in [6, 6.07) is 3.48. The fourth-order valence-electron chi connectivity index (χ4n) is 5.01. The van der Waals surface area contributed by atoms with Crippen molar-refractivity contribution in [2.45, 2.75) is 37.5 Å². The lowest BCUT2D eigenvalue weighted by atomic mass is 10.0. The number of nitrogens with two attached hydrogens (primary N) is 2. The van der Waals surface area contributed by atoms with Crippen molar-refractivity contribution < 1.29 is 23.5 Å². The van der Waals surface area contributed by atoms with E-state index >= 15 is 4.39 Å². The molecule has 1 aromatic carbocycles. The zero-order valence-corrected chi connectivity index (χ0v) is 20.8. The van der Waals surface area contributed by atoms with Crippen LogP contribution in [0.1, 0.15) is 46.0 Å². The molecular formula is C25H25ClF2N6O4. The van der Waals surface area contributed by atoms with E-state index in [9.17, 15) is 23.9 Å². The highest BCUT2D eigenvalue weighted by atomic mass is 35.5. The number of hydrazine groups is 1. The number of anilines is 1. The van der Waals surface area contributed by atoms with Gasteiger partial charge < -0.3 is 20.3 Å². The number of carboxylic acid groups (broad SMARTS) is 1. The molecule has 13 heteroatoms. The Balaban J connectivity index is 0.000000249. The summed E-state index contributed by atoms with van der Waals surface area (Å²) in [5, 5.41) is 9.16. The van der Waals surface area contributed by atoms with E-state index in [1.165, 1.54) is 17.0 Å². The average Bonchev–Trinajstić information content (AvgIpc) is 3.80. The third-order valence-corrected chi connectivity index (χ3v) is 7.80. The smallest absolute Gasteiger partial charge is 0.341 e. The SMILES string of the molecule is NNC(=O)c1ccncc1.N[C@@H]1CN(c2c(F)cc3c(=O)c(C(=O)O)cn([C@@H]4C[C@@H]4F)c3c2Cl)CC12CC2. The minimum absolute atomic E-state index is 0.00645. The highest BCUT2D eigenvalue weighted by Crippen LogP contribution is 2.54. The number of pyridine rings is 2. The van der Waals surface area contributed by atoms with Crippen LogP contribution in [0.15, 0.2) is 41.6 Å². The monoisotopic (exact) mass is 546 g/mol. The molecule has 0 unspecified atom stereocenters. The van der Waals surface area contributed by atoms with Crippen molar-refractivity contribution in [3.63, 3.8) is 0 Å². The molecule has 2 saturated carbocycles. The fraction of sp³-hybridized carbons (Fsp3) is 0.360. The van der Waals surface area contributed by atoms with E-state index in [-0.39, 0.29) is 45.4 Å². The van der Waals surface area contributed by atoms with Gasteiger partial charge in [0, 0.05) is 55.1 Å². The van der Waals surface area contributed by atoms with Gasteiger partial charge in [-0.05, 0) is 31.0 Å². The van der Waals surface area contributed by atoms with E-state index in [4.69, 9.17) is 23.2 Å². The van der Waals surface area contributed by atoms with Gasteiger partial charge in [0.2, 0.25) is 5.43 Å². The van der Waals surface area contributed by atoms with Crippen LogP contribution in [0, 0.1) is 11.2 Å². The second kappa shape index (κ2) is 9.61. The van der Waals surface area contributed by atoms with Crippen LogP contribution in [0.2, 0.25) is 5.02 Å². The number of nitrogens with one attached hydrogen (secondary N) is 1. The quantitative estimate of drug-likeness (QED) is 0.221. The number of alkyl halides is 1. The fourth-order valence-corrected chi connectivity index (χ4v) is 5.42. The van der Waals surface area contributed by atoms with Gasteiger partial charge in [-0.3, -0.25) is 20.0 Å². The number of hydrogen-bond acceptors (Lipinski definition) is 7. The number of hydrogen-bond donors (Lipinski definition) is 4. The molecule has 0 radical (unpaired) electrons. The molecule has 10 nitrogen and oxygen atoms in total. The summed E-state index contributed by atoms with van der Waals surface area (Å²) in [6.45, 7) is 1.01. The van der Waals surface area contributed by atoms with E-state index in [0.29, 0.717) is 18.7 Å². The molecule has 0 bridgehead atoms. The largest absolute Gasteiger partial charge is 0.477 e. The van der Waals surface area contributed by atoms with Crippen LogP contribution in [0.4, 0.5) is 14.5 Å². The van der Waals surface area contributed by atoms with Gasteiger partial charge in [0.1, 0.15) is 17.6 Å². The Labute approximate surface area is 220 Å². The Morgan fingerprint density at radius 1 is 1.26 bits per heavy atom. The normalized spacial score (nSPS) is 22.7. The van der Waals surface area contributed by atoms with E-state index in [2.05, 4.69) is 4.98 Å². The number of carbonyl (C=O) groups is 2. The van der Waals surface area contributed by atoms with Crippen molar-refractivity contribution in [3.8, 4) is 0 Å². The Kier molecular flexibility index (Phi) is 6.58. The van der Waals surface area contributed by atoms with Crippen LogP contribution in [0.5, 0.6) is 0 Å². The molecule has 3 aliphatic rings. The Hall–Kier alpha value is -3.61. The first-order chi connectivity index (χ1) is 18.1. The van der Waals surface area contributed by atoms with Gasteiger partial charge >= 0.3 is 5.97 Å². The highest BCUT2D eigenvalue weighted by Gasteiger charge is 2.54. The first-order valence-corrected chi connectivity index (χ1v) is 12.3. The number of fused-ring (bicyclic) bond motifs is 1. The molecule has 6 rings (SSSR count). The van der Waals surface area contributed by atoms with E-state index in [1.54, 1.807) is 17.0 Å². The average molecular weight is 547 g/mol. The van der Waals surface area contributed by atoms with Gasteiger partial charge in [-0.15, -0.1) is 0 Å². The number of halogens is 3. The molecule has 3 fully saturated rings. The third-order valence-electron chi connectivity index (χ3n) is 7.44. The van der Waals surface area contributed by atoms with Crippen molar-refractivity contribution >= 4 is 40.1 Å². The second-order valence-corrected chi connectivity index (χ2v) is 10.3. The zero-order chi connectivity index (χ0) is 27.4. The van der Waals surface area contributed by atoms with Crippen LogP contribution >= 0.6 is 11.6 Å². The molecule has 1 spiro atoms. The molecule has 38 heavy (non-hydrogen) atoms. The predicted molar refractivity (Wildman–Crippen MR) is 136 cm³/mol. The van der Waals surface area contributed by atoms with Crippen molar-refractivity contribution in [2.24, 2.45) is 17.0 Å². The van der Waals surface area contributed by atoms with Gasteiger partial charge in [-0.25, -0.2) is 19.4 Å². The number of aromatic nitrogens is 2. The summed E-state index contributed by atoms with van der Waals surface area (Å²) in [6.07, 6.45) is 5.17. The molecule has 2 aromatic heterocycles. The second-order valence-electron chi connectivity index (χ2n) is 9.88. The van der Waals surface area contributed by atoms with Crippen molar-refractivity contribution in [2.75, 3.05) is 18.0 Å². The van der Waals surface area contributed by atoms with E-state index in [1.807, 2.05) is 5.43 Å². The van der Waals surface area contributed by atoms with Crippen LogP contribution in [-0.4, -0.2) is 51.8 Å². The van der Waals surface area contributed by atoms with Crippen molar-refractivity contribution in [3.05, 3.63) is 69.0 Å². The predicted octanol–water partition coefficient (Wildman–Crippen LogP) is 2.39. The molecule has 1 saturated heterocycles. The number of aromatic carboxylic acids is 1. The number of benzene rings is 1. The summed E-state index contributed by atoms with van der Waals surface area (Å²) in [7, 11) is 0. The highest BCUT2D eigenvalue weighted by molar-refractivity contribution is 6.38. The van der Waals surface area contributed by atoms with Gasteiger partial charge in [0.05, 0.1) is 27.7 Å². The summed E-state index contributed by atoms with van der Waals surface area (Å²) in [5.41, 5.74) is 7.67. The van der Waals surface area contributed by atoms with Gasteiger partial charge in [0.25, 0.3) is 5.91 Å². The minimum Gasteiger partial charge on any atom is -0.477 e. The maximum absolute atomic E-state index is 15.0. The van der Waals surface area contributed by atoms with E-state index < -0.39 is 35.0 Å². The standard InChI is InChI=1S/C19H18ClF2N3O3.C6H7N3O/c20-14-15-8(17(26)9(18(27)28)5-25(15)12-4-10(12)21)3-11(22)16(14)24-6-13(23)19(7-24)1-2-19;7-9-6(10)5-1-3-8-4-2-5/h3,5,10,12-13H,1-2,4,6-7,23H2,(H,27,28);1-4H,7H2,(H,9,10)/t10-,12+,13+;/m0./s1. The van der Waals surface area contributed by atoms with Gasteiger partial charge in [-0.2, -0.15) is 0 Å². The lowest BCUT2D eigenvalue weighted by Gasteiger charge is -2.23. The summed E-state index contributed by atoms with van der Waals surface area (Å²) < 4.78 is 30.2. The molecule has 3 aromatic rings. The lowest BCUT2D eigenvalue weighted by molar-refractivity contribution is 0.0694. The lowest BCUT2D eigenvalue weighted by Crippen LogP contribution is -2.30. The number of rotatable bonds is 4. The molecule has 1 aliphatic heterocycles. The number of nitrogens with zero attached hydrogens (tertiary/aromatic N) is 3. The van der Waals surface area contributed by atoms with E-state index in [0.717, 1.165) is 25.1 Å². The molecular weight excluding hydrogens is 522 g/mol.